The number of likely N-dealkylation sites (tertiary alicyclic amines) is 1. The minimum atomic E-state index is 0.122. The second-order valence-corrected chi connectivity index (χ2v) is 6.74. The molecule has 3 rings (SSSR count). The standard InChI is InChI=1S/C18H20BrN3O/c1-21(17-4-2-3-11-20-17)16-9-12-22(13-10-16)18(23)14-5-7-15(19)8-6-14/h2-8,11,16H,9-10,12-13H2,1H3. The lowest BCUT2D eigenvalue weighted by Crippen LogP contribution is -2.45. The average molecular weight is 374 g/mol. The number of aromatic nitrogens is 1. The number of piperidine rings is 1. The fraction of sp³-hybridized carbons (Fsp3) is 0.333. The van der Waals surface area contributed by atoms with Crippen LogP contribution in [0.5, 0.6) is 0 Å². The van der Waals surface area contributed by atoms with Gasteiger partial charge in [-0.3, -0.25) is 4.79 Å². The minimum Gasteiger partial charge on any atom is -0.357 e. The van der Waals surface area contributed by atoms with E-state index in [1.54, 1.807) is 0 Å². The summed E-state index contributed by atoms with van der Waals surface area (Å²) in [6.07, 6.45) is 3.75. The maximum Gasteiger partial charge on any atom is 0.253 e. The summed E-state index contributed by atoms with van der Waals surface area (Å²) in [4.78, 5) is 21.1. The van der Waals surface area contributed by atoms with Crippen molar-refractivity contribution < 1.29 is 4.79 Å². The number of rotatable bonds is 3. The molecule has 5 heteroatoms. The van der Waals surface area contributed by atoms with E-state index in [0.29, 0.717) is 6.04 Å². The van der Waals surface area contributed by atoms with Crippen LogP contribution in [-0.4, -0.2) is 42.0 Å². The van der Waals surface area contributed by atoms with Crippen molar-refractivity contribution in [3.05, 3.63) is 58.7 Å². The summed E-state index contributed by atoms with van der Waals surface area (Å²) in [5, 5.41) is 0. The van der Waals surface area contributed by atoms with Crippen molar-refractivity contribution in [2.45, 2.75) is 18.9 Å². The van der Waals surface area contributed by atoms with Crippen LogP contribution in [0.15, 0.2) is 53.1 Å². The van der Waals surface area contributed by atoms with Crippen LogP contribution in [0.4, 0.5) is 5.82 Å². The highest BCUT2D eigenvalue weighted by atomic mass is 79.9. The predicted molar refractivity (Wildman–Crippen MR) is 95.7 cm³/mol. The lowest BCUT2D eigenvalue weighted by Gasteiger charge is -2.37. The van der Waals surface area contributed by atoms with E-state index in [1.165, 1.54) is 0 Å². The van der Waals surface area contributed by atoms with Crippen molar-refractivity contribution in [2.75, 3.05) is 25.0 Å². The SMILES string of the molecule is CN(c1ccccn1)C1CCN(C(=O)c2ccc(Br)cc2)CC1. The third-order valence-corrected chi connectivity index (χ3v) is 4.93. The number of carbonyl (C=O) groups is 1. The van der Waals surface area contributed by atoms with E-state index in [0.717, 1.165) is 41.8 Å². The maximum atomic E-state index is 12.5. The fourth-order valence-corrected chi connectivity index (χ4v) is 3.25. The predicted octanol–water partition coefficient (Wildman–Crippen LogP) is 3.59. The molecule has 0 aliphatic carbocycles. The summed E-state index contributed by atoms with van der Waals surface area (Å²) in [6.45, 7) is 1.58. The van der Waals surface area contributed by atoms with Gasteiger partial charge in [-0.25, -0.2) is 4.98 Å². The molecule has 0 spiro atoms. The summed E-state index contributed by atoms with van der Waals surface area (Å²) >= 11 is 3.40. The van der Waals surface area contributed by atoms with Gasteiger partial charge in [0.1, 0.15) is 5.82 Å². The maximum absolute atomic E-state index is 12.5. The van der Waals surface area contributed by atoms with E-state index in [9.17, 15) is 4.79 Å². The van der Waals surface area contributed by atoms with Crippen molar-refractivity contribution in [1.29, 1.82) is 0 Å². The molecule has 0 saturated carbocycles. The van der Waals surface area contributed by atoms with Crippen molar-refractivity contribution in [2.24, 2.45) is 0 Å². The topological polar surface area (TPSA) is 36.4 Å². The normalized spacial score (nSPS) is 15.5. The molecular formula is C18H20BrN3O. The Morgan fingerprint density at radius 2 is 1.87 bits per heavy atom. The zero-order valence-electron chi connectivity index (χ0n) is 13.2. The van der Waals surface area contributed by atoms with Gasteiger partial charge in [-0.15, -0.1) is 0 Å². The van der Waals surface area contributed by atoms with Gasteiger partial charge in [-0.1, -0.05) is 22.0 Å². The second-order valence-electron chi connectivity index (χ2n) is 5.83. The summed E-state index contributed by atoms with van der Waals surface area (Å²) in [5.41, 5.74) is 0.754. The molecule has 0 unspecified atom stereocenters. The first kappa shape index (κ1) is 16.0. The third kappa shape index (κ3) is 3.72. The molecular weight excluding hydrogens is 354 g/mol. The molecule has 1 aromatic heterocycles. The van der Waals surface area contributed by atoms with Gasteiger partial charge in [0.15, 0.2) is 0 Å². The van der Waals surface area contributed by atoms with Gasteiger partial charge < -0.3 is 9.80 Å². The molecule has 1 aliphatic rings. The zero-order chi connectivity index (χ0) is 16.2. The van der Waals surface area contributed by atoms with Gasteiger partial charge in [0, 0.05) is 42.4 Å². The van der Waals surface area contributed by atoms with Gasteiger partial charge in [0.05, 0.1) is 0 Å². The Morgan fingerprint density at radius 3 is 2.48 bits per heavy atom. The van der Waals surface area contributed by atoms with Gasteiger partial charge in [0.2, 0.25) is 0 Å². The summed E-state index contributed by atoms with van der Waals surface area (Å²) in [5.74, 6) is 1.11. The van der Waals surface area contributed by atoms with Crippen LogP contribution >= 0.6 is 15.9 Å². The van der Waals surface area contributed by atoms with E-state index in [2.05, 4.69) is 32.9 Å². The van der Waals surface area contributed by atoms with Crippen molar-refractivity contribution in [3.8, 4) is 0 Å². The molecule has 1 amide bonds. The Morgan fingerprint density at radius 1 is 1.17 bits per heavy atom. The van der Waals surface area contributed by atoms with E-state index in [1.807, 2.05) is 53.6 Å². The smallest absolute Gasteiger partial charge is 0.253 e. The fourth-order valence-electron chi connectivity index (χ4n) is 2.98. The number of benzene rings is 1. The Hall–Kier alpha value is -1.88. The van der Waals surface area contributed by atoms with Crippen molar-refractivity contribution in [3.63, 3.8) is 0 Å². The number of nitrogens with zero attached hydrogens (tertiary/aromatic N) is 3. The van der Waals surface area contributed by atoms with Gasteiger partial charge in [-0.2, -0.15) is 0 Å². The summed E-state index contributed by atoms with van der Waals surface area (Å²) in [6, 6.07) is 14.0. The van der Waals surface area contributed by atoms with Crippen LogP contribution in [0.25, 0.3) is 0 Å². The minimum absolute atomic E-state index is 0.122. The number of carbonyl (C=O) groups excluding carboxylic acids is 1. The average Bonchev–Trinajstić information content (AvgIpc) is 2.62. The molecule has 2 heterocycles. The lowest BCUT2D eigenvalue weighted by molar-refractivity contribution is 0.0713. The first-order valence-electron chi connectivity index (χ1n) is 7.84. The Bertz CT molecular complexity index is 652. The van der Waals surface area contributed by atoms with Crippen LogP contribution in [0, 0.1) is 0 Å². The molecule has 2 aromatic rings. The van der Waals surface area contributed by atoms with E-state index in [4.69, 9.17) is 0 Å². The molecule has 120 valence electrons. The van der Waals surface area contributed by atoms with Crippen LogP contribution in [0.2, 0.25) is 0 Å². The molecule has 0 N–H and O–H groups in total. The van der Waals surface area contributed by atoms with Gasteiger partial charge >= 0.3 is 0 Å². The lowest BCUT2D eigenvalue weighted by atomic mass is 10.0. The number of hydrogen-bond donors (Lipinski definition) is 0. The highest BCUT2D eigenvalue weighted by molar-refractivity contribution is 9.10. The molecule has 1 aliphatic heterocycles. The molecule has 23 heavy (non-hydrogen) atoms. The molecule has 4 nitrogen and oxygen atoms in total. The Kier molecular flexibility index (Phi) is 4.96. The van der Waals surface area contributed by atoms with Crippen LogP contribution in [0.3, 0.4) is 0 Å². The number of halogens is 1. The molecule has 0 radical (unpaired) electrons. The number of pyridine rings is 1. The molecule has 0 bridgehead atoms. The van der Waals surface area contributed by atoms with E-state index >= 15 is 0 Å². The Labute approximate surface area is 145 Å². The van der Waals surface area contributed by atoms with Crippen LogP contribution in [0.1, 0.15) is 23.2 Å². The van der Waals surface area contributed by atoms with Crippen LogP contribution in [-0.2, 0) is 0 Å². The van der Waals surface area contributed by atoms with E-state index < -0.39 is 0 Å². The largest absolute Gasteiger partial charge is 0.357 e. The van der Waals surface area contributed by atoms with Gasteiger partial charge in [0.25, 0.3) is 5.91 Å². The molecule has 0 atom stereocenters. The van der Waals surface area contributed by atoms with Crippen molar-refractivity contribution >= 4 is 27.7 Å². The number of amides is 1. The molecule has 1 saturated heterocycles. The highest BCUT2D eigenvalue weighted by Gasteiger charge is 2.26. The third-order valence-electron chi connectivity index (χ3n) is 4.40. The first-order chi connectivity index (χ1) is 11.1. The monoisotopic (exact) mass is 373 g/mol. The summed E-state index contributed by atoms with van der Waals surface area (Å²) in [7, 11) is 2.08. The molecule has 1 aromatic carbocycles. The zero-order valence-corrected chi connectivity index (χ0v) is 14.7. The summed E-state index contributed by atoms with van der Waals surface area (Å²) < 4.78 is 0.991. The molecule has 1 fully saturated rings. The number of anilines is 1. The first-order valence-corrected chi connectivity index (χ1v) is 8.63. The van der Waals surface area contributed by atoms with E-state index in [-0.39, 0.29) is 5.91 Å². The van der Waals surface area contributed by atoms with Gasteiger partial charge in [-0.05, 0) is 49.2 Å². The Balaban J connectivity index is 1.60. The van der Waals surface area contributed by atoms with Crippen molar-refractivity contribution in [1.82, 2.24) is 9.88 Å². The number of hydrogen-bond acceptors (Lipinski definition) is 3. The van der Waals surface area contributed by atoms with Crippen LogP contribution < -0.4 is 4.90 Å². The quantitative estimate of drug-likeness (QED) is 0.824. The highest BCUT2D eigenvalue weighted by Crippen LogP contribution is 2.21. The second kappa shape index (κ2) is 7.13.